The van der Waals surface area contributed by atoms with Crippen LogP contribution < -0.4 is 0 Å². The molecule has 0 N–H and O–H groups in total. The number of nitrogens with zero attached hydrogens (tertiary/aromatic N) is 2. The van der Waals surface area contributed by atoms with Crippen molar-refractivity contribution in [3.63, 3.8) is 0 Å². The molecule has 68 valence electrons. The normalized spacial score (nSPS) is 9.71. The van der Waals surface area contributed by atoms with Crippen LogP contribution >= 0.6 is 15.9 Å². The second kappa shape index (κ2) is 3.64. The van der Waals surface area contributed by atoms with Crippen molar-refractivity contribution in [3.05, 3.63) is 40.8 Å². The van der Waals surface area contributed by atoms with Gasteiger partial charge in [-0.1, -0.05) is 0 Å². The number of halogens is 1. The molecule has 0 aliphatic carbocycles. The number of hydrogen-bond donors (Lipinski definition) is 0. The molecule has 14 heavy (non-hydrogen) atoms. The number of aromatic nitrogens is 1. The second-order valence-corrected chi connectivity index (χ2v) is 3.43. The average molecular weight is 249 g/mol. The Morgan fingerprint density at radius 2 is 2.21 bits per heavy atom. The van der Waals surface area contributed by atoms with Gasteiger partial charge < -0.3 is 4.42 Å². The van der Waals surface area contributed by atoms with E-state index in [4.69, 9.17) is 9.68 Å². The molecule has 0 aliphatic heterocycles. The summed E-state index contributed by atoms with van der Waals surface area (Å²) in [6.45, 7) is 0. The molecule has 0 aromatic carbocycles. The van der Waals surface area contributed by atoms with E-state index in [1.165, 1.54) is 0 Å². The minimum absolute atomic E-state index is 0.384. The van der Waals surface area contributed by atoms with Crippen molar-refractivity contribution in [2.45, 2.75) is 0 Å². The topological polar surface area (TPSA) is 49.8 Å². The van der Waals surface area contributed by atoms with Crippen LogP contribution in [-0.4, -0.2) is 4.98 Å². The van der Waals surface area contributed by atoms with E-state index in [0.717, 1.165) is 11.3 Å². The van der Waals surface area contributed by atoms with Gasteiger partial charge in [-0.25, -0.2) is 4.98 Å². The van der Waals surface area contributed by atoms with Gasteiger partial charge in [0, 0.05) is 11.8 Å². The molecular formula is C10H5BrN2O. The maximum absolute atomic E-state index is 8.66. The summed E-state index contributed by atoms with van der Waals surface area (Å²) in [4.78, 5) is 3.88. The van der Waals surface area contributed by atoms with Crippen LogP contribution in [0.2, 0.25) is 0 Å². The maximum atomic E-state index is 8.66. The van der Waals surface area contributed by atoms with Crippen LogP contribution in [0.15, 0.2) is 39.5 Å². The van der Waals surface area contributed by atoms with Crippen LogP contribution in [0.5, 0.6) is 0 Å². The number of furan rings is 1. The Morgan fingerprint density at radius 3 is 2.86 bits per heavy atom. The molecule has 2 aromatic rings. The van der Waals surface area contributed by atoms with Crippen LogP contribution in [0.1, 0.15) is 5.69 Å². The third-order valence-corrected chi connectivity index (χ3v) is 2.16. The first kappa shape index (κ1) is 8.97. The van der Waals surface area contributed by atoms with Gasteiger partial charge in [-0.2, -0.15) is 5.26 Å². The Hall–Kier alpha value is -1.60. The minimum Gasteiger partial charge on any atom is -0.449 e. The lowest BCUT2D eigenvalue weighted by Crippen LogP contribution is -1.82. The van der Waals surface area contributed by atoms with Crippen LogP contribution in [0.25, 0.3) is 11.3 Å². The molecule has 0 atom stereocenters. The first-order chi connectivity index (χ1) is 6.79. The van der Waals surface area contributed by atoms with Crippen molar-refractivity contribution < 1.29 is 4.42 Å². The summed E-state index contributed by atoms with van der Waals surface area (Å²) < 4.78 is 6.02. The lowest BCUT2D eigenvalue weighted by molar-refractivity contribution is 0.555. The Bertz CT molecular complexity index is 499. The first-order valence-electron chi connectivity index (χ1n) is 3.91. The molecular weight excluding hydrogens is 244 g/mol. The standard InChI is InChI=1S/C10H5BrN2O/c11-10-2-1-9(14-10)7-3-4-13-8(5-7)6-12/h1-5H. The van der Waals surface area contributed by atoms with E-state index >= 15 is 0 Å². The zero-order valence-electron chi connectivity index (χ0n) is 7.07. The number of nitriles is 1. The molecule has 2 heterocycles. The maximum Gasteiger partial charge on any atom is 0.169 e. The molecule has 0 spiro atoms. The highest BCUT2D eigenvalue weighted by molar-refractivity contribution is 9.10. The molecule has 0 bridgehead atoms. The highest BCUT2D eigenvalue weighted by Gasteiger charge is 2.03. The molecule has 0 saturated carbocycles. The molecule has 0 unspecified atom stereocenters. The molecule has 0 saturated heterocycles. The zero-order valence-corrected chi connectivity index (χ0v) is 8.65. The van der Waals surface area contributed by atoms with Gasteiger partial charge in [-0.05, 0) is 40.2 Å². The Labute approximate surface area is 89.1 Å². The van der Waals surface area contributed by atoms with Crippen LogP contribution in [0, 0.1) is 11.3 Å². The summed E-state index contributed by atoms with van der Waals surface area (Å²) in [7, 11) is 0. The largest absolute Gasteiger partial charge is 0.449 e. The summed E-state index contributed by atoms with van der Waals surface area (Å²) in [5.41, 5.74) is 1.23. The summed E-state index contributed by atoms with van der Waals surface area (Å²) in [5, 5.41) is 8.66. The smallest absolute Gasteiger partial charge is 0.169 e. The first-order valence-corrected chi connectivity index (χ1v) is 4.71. The van der Waals surface area contributed by atoms with Crippen molar-refractivity contribution >= 4 is 15.9 Å². The average Bonchev–Trinajstić information content (AvgIpc) is 2.65. The molecule has 2 aromatic heterocycles. The van der Waals surface area contributed by atoms with Gasteiger partial charge >= 0.3 is 0 Å². The van der Waals surface area contributed by atoms with Crippen molar-refractivity contribution in [2.24, 2.45) is 0 Å². The van der Waals surface area contributed by atoms with Gasteiger partial charge in [0.2, 0.25) is 0 Å². The molecule has 0 amide bonds. The highest BCUT2D eigenvalue weighted by atomic mass is 79.9. The molecule has 0 fully saturated rings. The van der Waals surface area contributed by atoms with Crippen molar-refractivity contribution in [1.29, 1.82) is 5.26 Å². The molecule has 2 rings (SSSR count). The SMILES string of the molecule is N#Cc1cc(-c2ccc(Br)o2)ccn1. The van der Waals surface area contributed by atoms with Crippen LogP contribution in [0.4, 0.5) is 0 Å². The Kier molecular flexibility index (Phi) is 2.33. The number of rotatable bonds is 1. The predicted octanol–water partition coefficient (Wildman–Crippen LogP) is 2.98. The summed E-state index contributed by atoms with van der Waals surface area (Å²) in [5.74, 6) is 0.718. The predicted molar refractivity (Wildman–Crippen MR) is 54.4 cm³/mol. The highest BCUT2D eigenvalue weighted by Crippen LogP contribution is 2.24. The van der Waals surface area contributed by atoms with Crippen molar-refractivity contribution in [3.8, 4) is 17.4 Å². The van der Waals surface area contributed by atoms with Gasteiger partial charge in [-0.15, -0.1) is 0 Å². The number of hydrogen-bond acceptors (Lipinski definition) is 3. The van der Waals surface area contributed by atoms with E-state index in [9.17, 15) is 0 Å². The lowest BCUT2D eigenvalue weighted by Gasteiger charge is -1.95. The molecule has 3 nitrogen and oxygen atoms in total. The van der Waals surface area contributed by atoms with Gasteiger partial charge in [0.1, 0.15) is 17.5 Å². The quantitative estimate of drug-likeness (QED) is 0.780. The Morgan fingerprint density at radius 1 is 1.36 bits per heavy atom. The summed E-state index contributed by atoms with van der Waals surface area (Å²) >= 11 is 3.22. The summed E-state index contributed by atoms with van der Waals surface area (Å²) in [6.07, 6.45) is 1.59. The van der Waals surface area contributed by atoms with Crippen LogP contribution in [-0.2, 0) is 0 Å². The number of pyridine rings is 1. The fraction of sp³-hybridized carbons (Fsp3) is 0. The van der Waals surface area contributed by atoms with E-state index in [1.54, 1.807) is 18.3 Å². The molecule has 0 aliphatic rings. The Balaban J connectivity index is 2.47. The second-order valence-electron chi connectivity index (χ2n) is 2.65. The van der Waals surface area contributed by atoms with Crippen molar-refractivity contribution in [2.75, 3.05) is 0 Å². The van der Waals surface area contributed by atoms with E-state index in [1.807, 2.05) is 18.2 Å². The zero-order chi connectivity index (χ0) is 9.97. The van der Waals surface area contributed by atoms with E-state index in [0.29, 0.717) is 10.4 Å². The van der Waals surface area contributed by atoms with Gasteiger partial charge in [-0.3, -0.25) is 0 Å². The molecule has 4 heteroatoms. The van der Waals surface area contributed by atoms with Gasteiger partial charge in [0.15, 0.2) is 4.67 Å². The van der Waals surface area contributed by atoms with Crippen LogP contribution in [0.3, 0.4) is 0 Å². The van der Waals surface area contributed by atoms with Gasteiger partial charge in [0.25, 0.3) is 0 Å². The minimum atomic E-state index is 0.384. The summed E-state index contributed by atoms with van der Waals surface area (Å²) in [6, 6.07) is 9.10. The van der Waals surface area contributed by atoms with E-state index in [-0.39, 0.29) is 0 Å². The fourth-order valence-electron chi connectivity index (χ4n) is 1.11. The van der Waals surface area contributed by atoms with Crippen molar-refractivity contribution in [1.82, 2.24) is 4.98 Å². The fourth-order valence-corrected chi connectivity index (χ4v) is 1.42. The van der Waals surface area contributed by atoms with E-state index < -0.39 is 0 Å². The molecule has 0 radical (unpaired) electrons. The third kappa shape index (κ3) is 1.68. The van der Waals surface area contributed by atoms with E-state index in [2.05, 4.69) is 20.9 Å². The van der Waals surface area contributed by atoms with Gasteiger partial charge in [0.05, 0.1) is 0 Å². The monoisotopic (exact) mass is 248 g/mol. The third-order valence-electron chi connectivity index (χ3n) is 1.73. The lowest BCUT2D eigenvalue weighted by atomic mass is 10.2.